The third-order valence-electron chi connectivity index (χ3n) is 3.32. The molecule has 134 valence electrons. The quantitative estimate of drug-likeness (QED) is 0.745. The smallest absolute Gasteiger partial charge is 0.416 e. The molecule has 2 aromatic carbocycles. The highest BCUT2D eigenvalue weighted by atomic mass is 35.5. The van der Waals surface area contributed by atoms with Crippen molar-refractivity contribution in [1.82, 2.24) is 0 Å². The van der Waals surface area contributed by atoms with Crippen LogP contribution < -0.4 is 10.1 Å². The number of benzene rings is 2. The maximum atomic E-state index is 12.9. The fourth-order valence-corrected chi connectivity index (χ4v) is 2.25. The normalized spacial score (nSPS) is 11.2. The lowest BCUT2D eigenvalue weighted by atomic mass is 10.1. The van der Waals surface area contributed by atoms with Crippen LogP contribution in [0.2, 0.25) is 5.02 Å². The second-order valence-corrected chi connectivity index (χ2v) is 5.85. The van der Waals surface area contributed by atoms with Crippen LogP contribution in [0, 0.1) is 0 Å². The summed E-state index contributed by atoms with van der Waals surface area (Å²) < 4.78 is 44.1. The van der Waals surface area contributed by atoms with Gasteiger partial charge in [0, 0.05) is 5.02 Å². The number of ether oxygens (including phenoxy) is 1. The number of carbonyl (C=O) groups excluding carboxylic acids is 1. The molecule has 0 aliphatic rings. The van der Waals surface area contributed by atoms with E-state index in [2.05, 4.69) is 5.32 Å². The molecule has 0 saturated heterocycles. The molecule has 0 unspecified atom stereocenters. The molecule has 25 heavy (non-hydrogen) atoms. The van der Waals surface area contributed by atoms with Crippen LogP contribution in [-0.4, -0.2) is 12.5 Å². The van der Waals surface area contributed by atoms with Crippen LogP contribution >= 0.6 is 11.6 Å². The van der Waals surface area contributed by atoms with E-state index in [1.807, 2.05) is 6.92 Å². The molecular weight excluding hydrogens is 355 g/mol. The Balaban J connectivity index is 2.19. The molecule has 0 aliphatic heterocycles. The molecule has 0 fully saturated rings. The summed E-state index contributed by atoms with van der Waals surface area (Å²) in [7, 11) is 0. The largest absolute Gasteiger partial charge is 0.491 e. The Morgan fingerprint density at radius 1 is 1.16 bits per heavy atom. The molecule has 2 aromatic rings. The number of carbonyl (C=O) groups is 1. The Bertz CT molecular complexity index is 730. The predicted molar refractivity (Wildman–Crippen MR) is 91.0 cm³/mol. The van der Waals surface area contributed by atoms with Gasteiger partial charge in [-0.05, 0) is 42.3 Å². The Hall–Kier alpha value is -2.21. The summed E-state index contributed by atoms with van der Waals surface area (Å²) >= 11 is 5.78. The Labute approximate surface area is 148 Å². The Morgan fingerprint density at radius 2 is 1.84 bits per heavy atom. The third kappa shape index (κ3) is 5.67. The van der Waals surface area contributed by atoms with Gasteiger partial charge in [-0.3, -0.25) is 4.79 Å². The highest BCUT2D eigenvalue weighted by Gasteiger charge is 2.31. The van der Waals surface area contributed by atoms with Gasteiger partial charge >= 0.3 is 6.18 Å². The first-order chi connectivity index (χ1) is 11.8. The molecular formula is C18H17ClF3NO2. The summed E-state index contributed by atoms with van der Waals surface area (Å²) in [6.45, 7) is 2.22. The van der Waals surface area contributed by atoms with Crippen molar-refractivity contribution < 1.29 is 22.7 Å². The second kappa shape index (κ2) is 8.25. The van der Waals surface area contributed by atoms with E-state index in [1.54, 1.807) is 24.3 Å². The number of hydrogen-bond acceptors (Lipinski definition) is 2. The van der Waals surface area contributed by atoms with Crippen LogP contribution in [0.3, 0.4) is 0 Å². The number of alkyl halides is 3. The van der Waals surface area contributed by atoms with E-state index in [9.17, 15) is 18.0 Å². The number of anilines is 1. The topological polar surface area (TPSA) is 38.3 Å². The van der Waals surface area contributed by atoms with Gasteiger partial charge in [0.1, 0.15) is 5.75 Å². The standard InChI is InChI=1S/C18H17ClF3NO2/c1-2-9-25-16-8-5-13(18(20,21)22)11-15(16)23-17(24)10-12-3-6-14(19)7-4-12/h3-8,11H,2,9-10H2,1H3,(H,23,24). The van der Waals surface area contributed by atoms with Crippen molar-refractivity contribution in [2.75, 3.05) is 11.9 Å². The molecule has 3 nitrogen and oxygen atoms in total. The lowest BCUT2D eigenvalue weighted by Gasteiger charge is -2.15. The van der Waals surface area contributed by atoms with Crippen LogP contribution in [0.4, 0.5) is 18.9 Å². The highest BCUT2D eigenvalue weighted by Crippen LogP contribution is 2.35. The van der Waals surface area contributed by atoms with E-state index in [0.29, 0.717) is 23.6 Å². The van der Waals surface area contributed by atoms with Crippen LogP contribution in [-0.2, 0) is 17.4 Å². The zero-order valence-electron chi connectivity index (χ0n) is 13.5. The van der Waals surface area contributed by atoms with Crippen molar-refractivity contribution in [3.05, 3.63) is 58.6 Å². The Kier molecular flexibility index (Phi) is 6.31. The van der Waals surface area contributed by atoms with Gasteiger partial charge in [0.2, 0.25) is 5.91 Å². The summed E-state index contributed by atoms with van der Waals surface area (Å²) in [5, 5.41) is 3.04. The molecule has 0 bridgehead atoms. The minimum Gasteiger partial charge on any atom is -0.491 e. The minimum atomic E-state index is -4.50. The molecule has 2 rings (SSSR count). The van der Waals surface area contributed by atoms with E-state index in [4.69, 9.17) is 16.3 Å². The lowest BCUT2D eigenvalue weighted by Crippen LogP contribution is -2.16. The van der Waals surface area contributed by atoms with E-state index in [0.717, 1.165) is 12.1 Å². The van der Waals surface area contributed by atoms with Crippen LogP contribution in [0.1, 0.15) is 24.5 Å². The summed E-state index contributed by atoms with van der Waals surface area (Å²) in [6, 6.07) is 9.68. The number of rotatable bonds is 6. The first-order valence-corrected chi connectivity index (χ1v) is 8.05. The summed E-state index contributed by atoms with van der Waals surface area (Å²) in [4.78, 5) is 12.2. The predicted octanol–water partition coefficient (Wildman–Crippen LogP) is 5.33. The van der Waals surface area contributed by atoms with E-state index >= 15 is 0 Å². The van der Waals surface area contributed by atoms with Crippen molar-refractivity contribution in [2.45, 2.75) is 25.9 Å². The molecule has 0 aromatic heterocycles. The minimum absolute atomic E-state index is 0.00207. The number of nitrogens with one attached hydrogen (secondary N) is 1. The van der Waals surface area contributed by atoms with Gasteiger partial charge in [-0.2, -0.15) is 13.2 Å². The molecule has 0 heterocycles. The molecule has 0 spiro atoms. The molecule has 7 heteroatoms. The van der Waals surface area contributed by atoms with Crippen molar-refractivity contribution in [2.24, 2.45) is 0 Å². The molecule has 0 atom stereocenters. The van der Waals surface area contributed by atoms with E-state index < -0.39 is 17.6 Å². The first-order valence-electron chi connectivity index (χ1n) is 7.68. The SMILES string of the molecule is CCCOc1ccc(C(F)(F)F)cc1NC(=O)Cc1ccc(Cl)cc1. The summed E-state index contributed by atoms with van der Waals surface area (Å²) in [5.41, 5.74) is -0.148. The molecule has 0 radical (unpaired) electrons. The van der Waals surface area contributed by atoms with E-state index in [1.165, 1.54) is 6.07 Å². The fraction of sp³-hybridized carbons (Fsp3) is 0.278. The van der Waals surface area contributed by atoms with Crippen molar-refractivity contribution >= 4 is 23.2 Å². The highest BCUT2D eigenvalue weighted by molar-refractivity contribution is 6.30. The zero-order chi connectivity index (χ0) is 18.4. The van der Waals surface area contributed by atoms with Gasteiger partial charge < -0.3 is 10.1 Å². The van der Waals surface area contributed by atoms with Gasteiger partial charge in [0.05, 0.1) is 24.3 Å². The maximum absolute atomic E-state index is 12.9. The summed E-state index contributed by atoms with van der Waals surface area (Å²) in [5.74, 6) is -0.234. The molecule has 1 N–H and O–H groups in total. The van der Waals surface area contributed by atoms with Gasteiger partial charge in [-0.1, -0.05) is 30.7 Å². The van der Waals surface area contributed by atoms with E-state index in [-0.39, 0.29) is 17.9 Å². The van der Waals surface area contributed by atoms with Gasteiger partial charge in [0.15, 0.2) is 0 Å². The van der Waals surface area contributed by atoms with Crippen molar-refractivity contribution in [3.8, 4) is 5.75 Å². The first kappa shape index (κ1) is 19.1. The van der Waals surface area contributed by atoms with Crippen molar-refractivity contribution in [1.29, 1.82) is 0 Å². The monoisotopic (exact) mass is 371 g/mol. The average Bonchev–Trinajstić information content (AvgIpc) is 2.55. The van der Waals surface area contributed by atoms with Gasteiger partial charge in [0.25, 0.3) is 0 Å². The summed E-state index contributed by atoms with van der Waals surface area (Å²) in [6.07, 6.45) is -3.79. The number of amides is 1. The number of halogens is 4. The Morgan fingerprint density at radius 3 is 2.44 bits per heavy atom. The van der Waals surface area contributed by atoms with Gasteiger partial charge in [-0.15, -0.1) is 0 Å². The van der Waals surface area contributed by atoms with Crippen LogP contribution in [0.25, 0.3) is 0 Å². The lowest BCUT2D eigenvalue weighted by molar-refractivity contribution is -0.137. The van der Waals surface area contributed by atoms with Gasteiger partial charge in [-0.25, -0.2) is 0 Å². The third-order valence-corrected chi connectivity index (χ3v) is 3.57. The molecule has 1 amide bonds. The fourth-order valence-electron chi connectivity index (χ4n) is 2.12. The molecule has 0 aliphatic carbocycles. The average molecular weight is 372 g/mol. The second-order valence-electron chi connectivity index (χ2n) is 5.41. The molecule has 0 saturated carbocycles. The van der Waals surface area contributed by atoms with Crippen LogP contribution in [0.5, 0.6) is 5.75 Å². The number of hydrogen-bond donors (Lipinski definition) is 1. The van der Waals surface area contributed by atoms with Crippen molar-refractivity contribution in [3.63, 3.8) is 0 Å². The maximum Gasteiger partial charge on any atom is 0.416 e. The van der Waals surface area contributed by atoms with Crippen LogP contribution in [0.15, 0.2) is 42.5 Å². The zero-order valence-corrected chi connectivity index (χ0v) is 14.2.